The molecule has 0 amide bonds. The summed E-state index contributed by atoms with van der Waals surface area (Å²) in [5.74, 6) is 6.21. The second-order valence-corrected chi connectivity index (χ2v) is 4.56. The number of guanidine groups is 1. The van der Waals surface area contributed by atoms with Gasteiger partial charge in [0.15, 0.2) is 0 Å². The molecule has 3 N–H and O–H groups in total. The van der Waals surface area contributed by atoms with Gasteiger partial charge in [-0.1, -0.05) is 0 Å². The van der Waals surface area contributed by atoms with Crippen molar-refractivity contribution < 1.29 is 0 Å². The zero-order chi connectivity index (χ0) is 10.1. The van der Waals surface area contributed by atoms with E-state index in [-0.39, 0.29) is 5.54 Å². The predicted molar refractivity (Wildman–Crippen MR) is 55.3 cm³/mol. The molecule has 4 nitrogen and oxygen atoms in total. The summed E-state index contributed by atoms with van der Waals surface area (Å²) in [6.07, 6.45) is 2.40. The number of hydrogen-bond acceptors (Lipinski definition) is 2. The number of nitrogens with one attached hydrogen (secondary N) is 1. The van der Waals surface area contributed by atoms with Crippen molar-refractivity contribution in [3.8, 4) is 0 Å². The Hall–Kier alpha value is -0.770. The second kappa shape index (κ2) is 3.54. The fraction of sp³-hybridized carbons (Fsp3) is 0.889. The zero-order valence-electron chi connectivity index (χ0n) is 8.96. The molecule has 1 rings (SSSR count). The van der Waals surface area contributed by atoms with E-state index < -0.39 is 0 Å². The normalized spacial score (nSPS) is 18.7. The maximum atomic E-state index is 5.42. The van der Waals surface area contributed by atoms with Gasteiger partial charge in [0.1, 0.15) is 0 Å². The molecule has 0 radical (unpaired) electrons. The third kappa shape index (κ3) is 2.88. The van der Waals surface area contributed by atoms with Crippen LogP contribution >= 0.6 is 0 Å². The lowest BCUT2D eigenvalue weighted by molar-refractivity contribution is 0.272. The summed E-state index contributed by atoms with van der Waals surface area (Å²) < 4.78 is 0. The first-order valence-corrected chi connectivity index (χ1v) is 4.73. The number of hydrazine groups is 1. The summed E-state index contributed by atoms with van der Waals surface area (Å²) >= 11 is 0. The Kier molecular flexibility index (Phi) is 2.81. The SMILES string of the molecule is CN(C(=NC1CC1)NN)C(C)(C)C. The molecule has 1 aliphatic carbocycles. The van der Waals surface area contributed by atoms with E-state index in [4.69, 9.17) is 5.84 Å². The highest BCUT2D eigenvalue weighted by Gasteiger charge is 2.25. The van der Waals surface area contributed by atoms with Crippen molar-refractivity contribution in [2.45, 2.75) is 45.2 Å². The summed E-state index contributed by atoms with van der Waals surface area (Å²) in [7, 11) is 2.00. The highest BCUT2D eigenvalue weighted by molar-refractivity contribution is 5.80. The maximum absolute atomic E-state index is 5.42. The zero-order valence-corrected chi connectivity index (χ0v) is 8.96. The van der Waals surface area contributed by atoms with Crippen LogP contribution in [-0.2, 0) is 0 Å². The molecule has 1 saturated carbocycles. The molecule has 13 heavy (non-hydrogen) atoms. The molecule has 0 spiro atoms. The van der Waals surface area contributed by atoms with Gasteiger partial charge in [-0.05, 0) is 33.6 Å². The minimum atomic E-state index is 0.0556. The van der Waals surface area contributed by atoms with Gasteiger partial charge in [0.2, 0.25) is 5.96 Å². The number of aliphatic imine (C=N–C) groups is 1. The fourth-order valence-corrected chi connectivity index (χ4v) is 0.915. The Morgan fingerprint density at radius 1 is 1.46 bits per heavy atom. The quantitative estimate of drug-likeness (QED) is 0.273. The molecule has 0 aromatic heterocycles. The fourth-order valence-electron chi connectivity index (χ4n) is 0.915. The van der Waals surface area contributed by atoms with Gasteiger partial charge in [-0.3, -0.25) is 5.43 Å². The van der Waals surface area contributed by atoms with Crippen LogP contribution in [0, 0.1) is 0 Å². The highest BCUT2D eigenvalue weighted by Crippen LogP contribution is 2.24. The molecular weight excluding hydrogens is 164 g/mol. The monoisotopic (exact) mass is 184 g/mol. The van der Waals surface area contributed by atoms with E-state index in [1.54, 1.807) is 0 Å². The van der Waals surface area contributed by atoms with Crippen molar-refractivity contribution in [3.05, 3.63) is 0 Å². The molecule has 0 aromatic carbocycles. The van der Waals surface area contributed by atoms with Gasteiger partial charge in [-0.25, -0.2) is 10.8 Å². The number of rotatable bonds is 1. The summed E-state index contributed by atoms with van der Waals surface area (Å²) in [6.45, 7) is 6.40. The molecule has 0 aliphatic heterocycles. The molecule has 0 heterocycles. The van der Waals surface area contributed by atoms with E-state index in [1.807, 2.05) is 7.05 Å². The summed E-state index contributed by atoms with van der Waals surface area (Å²) in [4.78, 5) is 6.54. The van der Waals surface area contributed by atoms with Crippen LogP contribution in [0.1, 0.15) is 33.6 Å². The van der Waals surface area contributed by atoms with Crippen molar-refractivity contribution in [3.63, 3.8) is 0 Å². The standard InChI is InChI=1S/C9H20N4/c1-9(2,3)13(4)8(12-10)11-7-5-6-7/h7H,5-6,10H2,1-4H3,(H,11,12). The molecule has 4 heteroatoms. The summed E-state index contributed by atoms with van der Waals surface area (Å²) in [6, 6.07) is 0.496. The van der Waals surface area contributed by atoms with Crippen molar-refractivity contribution in [1.82, 2.24) is 10.3 Å². The largest absolute Gasteiger partial charge is 0.340 e. The average Bonchev–Trinajstić information content (AvgIpc) is 2.80. The van der Waals surface area contributed by atoms with Gasteiger partial charge in [0.05, 0.1) is 6.04 Å². The summed E-state index contributed by atoms with van der Waals surface area (Å²) in [5.41, 5.74) is 2.71. The molecule has 0 atom stereocenters. The lowest BCUT2D eigenvalue weighted by Gasteiger charge is -2.34. The van der Waals surface area contributed by atoms with Gasteiger partial charge in [0, 0.05) is 12.6 Å². The maximum Gasteiger partial charge on any atom is 0.208 e. The van der Waals surface area contributed by atoms with Gasteiger partial charge in [-0.15, -0.1) is 0 Å². The van der Waals surface area contributed by atoms with Crippen LogP contribution in [0.3, 0.4) is 0 Å². The van der Waals surface area contributed by atoms with Crippen LogP contribution in [0.2, 0.25) is 0 Å². The Bertz CT molecular complexity index is 200. The Labute approximate surface area is 80.2 Å². The average molecular weight is 184 g/mol. The lowest BCUT2D eigenvalue weighted by atomic mass is 10.1. The van der Waals surface area contributed by atoms with E-state index in [0.29, 0.717) is 6.04 Å². The third-order valence-corrected chi connectivity index (χ3v) is 2.30. The molecule has 0 saturated heterocycles. The van der Waals surface area contributed by atoms with Gasteiger partial charge in [0.25, 0.3) is 0 Å². The minimum absolute atomic E-state index is 0.0556. The Morgan fingerprint density at radius 3 is 2.31 bits per heavy atom. The number of nitrogens with two attached hydrogens (primary N) is 1. The molecule has 0 aromatic rings. The van der Waals surface area contributed by atoms with Crippen LogP contribution in [0.4, 0.5) is 0 Å². The van der Waals surface area contributed by atoms with E-state index in [0.717, 1.165) is 5.96 Å². The van der Waals surface area contributed by atoms with Crippen LogP contribution in [0.25, 0.3) is 0 Å². The topological polar surface area (TPSA) is 53.6 Å². The van der Waals surface area contributed by atoms with E-state index in [9.17, 15) is 0 Å². The van der Waals surface area contributed by atoms with Crippen LogP contribution < -0.4 is 11.3 Å². The van der Waals surface area contributed by atoms with E-state index in [1.165, 1.54) is 12.8 Å². The lowest BCUT2D eigenvalue weighted by Crippen LogP contribution is -2.51. The van der Waals surface area contributed by atoms with Crippen molar-refractivity contribution in [1.29, 1.82) is 0 Å². The first-order valence-electron chi connectivity index (χ1n) is 4.73. The van der Waals surface area contributed by atoms with Crippen molar-refractivity contribution in [2.24, 2.45) is 10.8 Å². The molecule has 1 fully saturated rings. The predicted octanol–water partition coefficient (Wildman–Crippen LogP) is 0.698. The van der Waals surface area contributed by atoms with E-state index >= 15 is 0 Å². The second-order valence-electron chi connectivity index (χ2n) is 4.56. The van der Waals surface area contributed by atoms with Gasteiger partial charge in [-0.2, -0.15) is 0 Å². The molecule has 76 valence electrons. The number of hydrogen-bond donors (Lipinski definition) is 2. The van der Waals surface area contributed by atoms with Crippen LogP contribution in [0.5, 0.6) is 0 Å². The smallest absolute Gasteiger partial charge is 0.208 e. The van der Waals surface area contributed by atoms with Crippen molar-refractivity contribution >= 4 is 5.96 Å². The van der Waals surface area contributed by atoms with E-state index in [2.05, 4.69) is 36.1 Å². The summed E-state index contributed by atoms with van der Waals surface area (Å²) in [5, 5.41) is 0. The highest BCUT2D eigenvalue weighted by atomic mass is 15.4. The first kappa shape index (κ1) is 10.3. The van der Waals surface area contributed by atoms with Crippen molar-refractivity contribution in [2.75, 3.05) is 7.05 Å². The molecular formula is C9H20N4. The minimum Gasteiger partial charge on any atom is -0.340 e. The van der Waals surface area contributed by atoms with Crippen LogP contribution in [0.15, 0.2) is 4.99 Å². The van der Waals surface area contributed by atoms with Crippen LogP contribution in [-0.4, -0.2) is 29.5 Å². The van der Waals surface area contributed by atoms with Gasteiger partial charge >= 0.3 is 0 Å². The number of nitrogens with zero attached hydrogens (tertiary/aromatic N) is 2. The molecule has 1 aliphatic rings. The van der Waals surface area contributed by atoms with Gasteiger partial charge < -0.3 is 4.90 Å². The Morgan fingerprint density at radius 2 is 2.00 bits per heavy atom. The molecule has 0 bridgehead atoms. The molecule has 0 unspecified atom stereocenters. The third-order valence-electron chi connectivity index (χ3n) is 2.30. The Balaban J connectivity index is 2.64. The first-order chi connectivity index (χ1) is 5.95.